The van der Waals surface area contributed by atoms with Crippen LogP contribution in [0.4, 0.5) is 5.69 Å². The SMILES string of the molecule is CC(C)NS(=O)(=O)c1ccc(NC(=S)NC(=O)c2cccc(OC(C)C)c2)cc1. The molecule has 0 aliphatic rings. The summed E-state index contributed by atoms with van der Waals surface area (Å²) in [5, 5.41) is 5.55. The van der Waals surface area contributed by atoms with Crippen LogP contribution in [0.3, 0.4) is 0 Å². The maximum Gasteiger partial charge on any atom is 0.257 e. The second-order valence-electron chi connectivity index (χ2n) is 6.90. The molecule has 0 fully saturated rings. The van der Waals surface area contributed by atoms with E-state index in [-0.39, 0.29) is 28.1 Å². The molecule has 0 atom stereocenters. The lowest BCUT2D eigenvalue weighted by Crippen LogP contribution is -2.34. The lowest BCUT2D eigenvalue weighted by molar-refractivity contribution is 0.0977. The van der Waals surface area contributed by atoms with Gasteiger partial charge in [-0.05, 0) is 82.4 Å². The summed E-state index contributed by atoms with van der Waals surface area (Å²) in [6.07, 6.45) is -0.00132. The second kappa shape index (κ2) is 9.82. The molecule has 0 saturated heterocycles. The number of carbonyl (C=O) groups excluding carboxylic acids is 1. The Labute approximate surface area is 176 Å². The molecule has 7 nitrogen and oxygen atoms in total. The average molecular weight is 436 g/mol. The van der Waals surface area contributed by atoms with E-state index in [9.17, 15) is 13.2 Å². The highest BCUT2D eigenvalue weighted by Gasteiger charge is 2.15. The Morgan fingerprint density at radius 3 is 2.28 bits per heavy atom. The summed E-state index contributed by atoms with van der Waals surface area (Å²) < 4.78 is 32.4. The van der Waals surface area contributed by atoms with E-state index in [1.54, 1.807) is 50.2 Å². The molecular weight excluding hydrogens is 410 g/mol. The van der Waals surface area contributed by atoms with Crippen LogP contribution >= 0.6 is 12.2 Å². The summed E-state index contributed by atoms with van der Waals surface area (Å²) in [5.41, 5.74) is 0.962. The molecule has 0 saturated carbocycles. The largest absolute Gasteiger partial charge is 0.491 e. The van der Waals surface area contributed by atoms with Crippen LogP contribution in [0, 0.1) is 0 Å². The summed E-state index contributed by atoms with van der Waals surface area (Å²) in [7, 11) is -3.56. The maximum absolute atomic E-state index is 12.4. The Balaban J connectivity index is 1.99. The monoisotopic (exact) mass is 435 g/mol. The Kier molecular flexibility index (Phi) is 7.72. The molecule has 29 heavy (non-hydrogen) atoms. The molecule has 0 spiro atoms. The highest BCUT2D eigenvalue weighted by atomic mass is 32.2. The molecule has 9 heteroatoms. The number of sulfonamides is 1. The van der Waals surface area contributed by atoms with Gasteiger partial charge in [-0.3, -0.25) is 10.1 Å². The van der Waals surface area contributed by atoms with Crippen molar-refractivity contribution in [1.82, 2.24) is 10.0 Å². The fraction of sp³-hybridized carbons (Fsp3) is 0.300. The van der Waals surface area contributed by atoms with Crippen molar-refractivity contribution < 1.29 is 17.9 Å². The van der Waals surface area contributed by atoms with Crippen LogP contribution in [0.1, 0.15) is 38.1 Å². The first-order valence-electron chi connectivity index (χ1n) is 9.08. The number of benzene rings is 2. The van der Waals surface area contributed by atoms with Gasteiger partial charge in [-0.15, -0.1) is 0 Å². The zero-order valence-corrected chi connectivity index (χ0v) is 18.4. The van der Waals surface area contributed by atoms with Gasteiger partial charge in [0, 0.05) is 17.3 Å². The smallest absolute Gasteiger partial charge is 0.257 e. The maximum atomic E-state index is 12.4. The van der Waals surface area contributed by atoms with E-state index in [4.69, 9.17) is 17.0 Å². The Hall–Kier alpha value is -2.49. The molecule has 2 rings (SSSR count). The number of hydrogen-bond acceptors (Lipinski definition) is 5. The quantitative estimate of drug-likeness (QED) is 0.578. The normalized spacial score (nSPS) is 11.4. The van der Waals surface area contributed by atoms with E-state index < -0.39 is 10.0 Å². The van der Waals surface area contributed by atoms with E-state index in [1.807, 2.05) is 13.8 Å². The fourth-order valence-electron chi connectivity index (χ4n) is 2.42. The number of nitrogens with one attached hydrogen (secondary N) is 3. The van der Waals surface area contributed by atoms with Gasteiger partial charge in [0.25, 0.3) is 5.91 Å². The number of carbonyl (C=O) groups is 1. The molecule has 0 bridgehead atoms. The summed E-state index contributed by atoms with van der Waals surface area (Å²) in [5.74, 6) is 0.218. The van der Waals surface area contributed by atoms with Crippen LogP contribution in [0.25, 0.3) is 0 Å². The van der Waals surface area contributed by atoms with E-state index in [2.05, 4.69) is 15.4 Å². The van der Waals surface area contributed by atoms with Crippen LogP contribution in [-0.4, -0.2) is 31.6 Å². The third-order valence-corrected chi connectivity index (χ3v) is 5.39. The number of amides is 1. The van der Waals surface area contributed by atoms with Gasteiger partial charge < -0.3 is 10.1 Å². The first-order valence-corrected chi connectivity index (χ1v) is 11.0. The standard InChI is InChI=1S/C20H25N3O4S2/c1-13(2)23-29(25,26)18-10-8-16(9-11-18)21-20(28)22-19(24)15-6-5-7-17(12-15)27-14(3)4/h5-14,23H,1-4H3,(H2,21,22,24,28). The second-order valence-corrected chi connectivity index (χ2v) is 9.03. The van der Waals surface area contributed by atoms with Crippen molar-refractivity contribution in [3.63, 3.8) is 0 Å². The minimum absolute atomic E-state index is 0.00132. The van der Waals surface area contributed by atoms with E-state index in [0.29, 0.717) is 17.0 Å². The molecule has 1 amide bonds. The summed E-state index contributed by atoms with van der Waals surface area (Å²) in [6, 6.07) is 12.7. The van der Waals surface area contributed by atoms with Crippen LogP contribution in [0.2, 0.25) is 0 Å². The van der Waals surface area contributed by atoms with Crippen molar-refractivity contribution in [2.45, 2.75) is 44.7 Å². The zero-order valence-electron chi connectivity index (χ0n) is 16.7. The molecule has 0 radical (unpaired) electrons. The number of ether oxygens (including phenoxy) is 1. The van der Waals surface area contributed by atoms with Crippen LogP contribution in [0.5, 0.6) is 5.75 Å². The van der Waals surface area contributed by atoms with Crippen LogP contribution in [-0.2, 0) is 10.0 Å². The predicted octanol–water partition coefficient (Wildman–Crippen LogP) is 3.29. The highest BCUT2D eigenvalue weighted by Crippen LogP contribution is 2.16. The van der Waals surface area contributed by atoms with Gasteiger partial charge in [0.15, 0.2) is 5.11 Å². The highest BCUT2D eigenvalue weighted by molar-refractivity contribution is 7.89. The number of thiocarbonyl (C=S) groups is 1. The Bertz CT molecular complexity index is 971. The lowest BCUT2D eigenvalue weighted by Gasteiger charge is -2.13. The molecule has 0 aromatic heterocycles. The van der Waals surface area contributed by atoms with Gasteiger partial charge in [0.05, 0.1) is 11.0 Å². The molecule has 0 aliphatic heterocycles. The van der Waals surface area contributed by atoms with Crippen molar-refractivity contribution in [1.29, 1.82) is 0 Å². The molecule has 2 aromatic rings. The molecule has 2 aromatic carbocycles. The lowest BCUT2D eigenvalue weighted by atomic mass is 10.2. The first-order chi connectivity index (χ1) is 13.6. The summed E-state index contributed by atoms with van der Waals surface area (Å²) in [4.78, 5) is 12.5. The molecule has 0 unspecified atom stereocenters. The van der Waals surface area contributed by atoms with Crippen molar-refractivity contribution >= 4 is 38.9 Å². The molecule has 0 aliphatic carbocycles. The molecule has 3 N–H and O–H groups in total. The minimum Gasteiger partial charge on any atom is -0.491 e. The summed E-state index contributed by atoms with van der Waals surface area (Å²) >= 11 is 5.17. The van der Waals surface area contributed by atoms with Gasteiger partial charge in [-0.1, -0.05) is 6.07 Å². The van der Waals surface area contributed by atoms with E-state index in [0.717, 1.165) is 0 Å². The fourth-order valence-corrected chi connectivity index (χ4v) is 3.88. The molecular formula is C20H25N3O4S2. The van der Waals surface area contributed by atoms with Crippen molar-refractivity contribution in [3.05, 3.63) is 54.1 Å². The van der Waals surface area contributed by atoms with Gasteiger partial charge in [-0.25, -0.2) is 13.1 Å². The van der Waals surface area contributed by atoms with Gasteiger partial charge >= 0.3 is 0 Å². The van der Waals surface area contributed by atoms with Crippen molar-refractivity contribution in [2.75, 3.05) is 5.32 Å². The number of anilines is 1. The van der Waals surface area contributed by atoms with Crippen molar-refractivity contribution in [3.8, 4) is 5.75 Å². The summed E-state index contributed by atoms with van der Waals surface area (Å²) in [6.45, 7) is 7.31. The Morgan fingerprint density at radius 1 is 1.03 bits per heavy atom. The van der Waals surface area contributed by atoms with E-state index >= 15 is 0 Å². The molecule has 0 heterocycles. The molecule has 156 valence electrons. The minimum atomic E-state index is -3.56. The first kappa shape index (κ1) is 22.8. The van der Waals surface area contributed by atoms with Gasteiger partial charge in [0.1, 0.15) is 5.75 Å². The zero-order chi connectivity index (χ0) is 21.6. The van der Waals surface area contributed by atoms with E-state index in [1.165, 1.54) is 12.1 Å². The number of hydrogen-bond donors (Lipinski definition) is 3. The van der Waals surface area contributed by atoms with Crippen LogP contribution < -0.4 is 20.1 Å². The van der Waals surface area contributed by atoms with Crippen molar-refractivity contribution in [2.24, 2.45) is 0 Å². The Morgan fingerprint density at radius 2 is 1.69 bits per heavy atom. The third kappa shape index (κ3) is 7.12. The van der Waals surface area contributed by atoms with Gasteiger partial charge in [0.2, 0.25) is 10.0 Å². The van der Waals surface area contributed by atoms with Gasteiger partial charge in [-0.2, -0.15) is 0 Å². The number of rotatable bonds is 7. The average Bonchev–Trinajstić information content (AvgIpc) is 2.60. The third-order valence-electron chi connectivity index (χ3n) is 3.51. The topological polar surface area (TPSA) is 96.5 Å². The predicted molar refractivity (Wildman–Crippen MR) is 118 cm³/mol. The van der Waals surface area contributed by atoms with Crippen LogP contribution in [0.15, 0.2) is 53.4 Å².